The molecule has 0 aromatic heterocycles. The summed E-state index contributed by atoms with van der Waals surface area (Å²) in [5, 5.41) is 2.70. The summed E-state index contributed by atoms with van der Waals surface area (Å²) in [7, 11) is -1.44. The van der Waals surface area contributed by atoms with Crippen LogP contribution in [0.25, 0.3) is 0 Å². The molecule has 0 unspecified atom stereocenters. The lowest BCUT2D eigenvalue weighted by molar-refractivity contribution is -0.883. The average molecular weight is 390 g/mol. The van der Waals surface area contributed by atoms with Crippen LogP contribution in [0.15, 0.2) is 59.5 Å². The van der Waals surface area contributed by atoms with Crippen LogP contribution < -0.4 is 15.0 Å². The van der Waals surface area contributed by atoms with E-state index in [0.29, 0.717) is 24.5 Å². The van der Waals surface area contributed by atoms with E-state index in [1.54, 1.807) is 24.3 Å². The number of rotatable bonds is 6. The van der Waals surface area contributed by atoms with Gasteiger partial charge in [0.05, 0.1) is 38.1 Å². The SMILES string of the molecule is C[NH+]1CCN(S(=O)(=O)c2ccc(NC(=O)COc3ccccc3)cc2)CC1. The fourth-order valence-corrected chi connectivity index (χ4v) is 4.27. The lowest BCUT2D eigenvalue weighted by Gasteiger charge is -2.29. The van der Waals surface area contributed by atoms with E-state index >= 15 is 0 Å². The number of anilines is 1. The number of quaternary nitrogens is 1. The molecule has 1 fully saturated rings. The molecule has 2 N–H and O–H groups in total. The normalized spacial score (nSPS) is 16.0. The number of hydrogen-bond donors (Lipinski definition) is 2. The van der Waals surface area contributed by atoms with E-state index in [-0.39, 0.29) is 17.4 Å². The fraction of sp³-hybridized carbons (Fsp3) is 0.316. The van der Waals surface area contributed by atoms with E-state index in [2.05, 4.69) is 12.4 Å². The summed E-state index contributed by atoms with van der Waals surface area (Å²) in [6.07, 6.45) is 0. The van der Waals surface area contributed by atoms with Crippen molar-refractivity contribution >= 4 is 21.6 Å². The summed E-state index contributed by atoms with van der Waals surface area (Å²) < 4.78 is 32.3. The molecule has 0 bridgehead atoms. The molecule has 2 aromatic carbocycles. The minimum absolute atomic E-state index is 0.117. The largest absolute Gasteiger partial charge is 0.484 e. The number of para-hydroxylation sites is 1. The Kier molecular flexibility index (Phi) is 6.10. The average Bonchev–Trinajstić information content (AvgIpc) is 2.68. The Bertz CT molecular complexity index is 862. The highest BCUT2D eigenvalue weighted by atomic mass is 32.2. The molecular formula is C19H24N3O4S+. The van der Waals surface area contributed by atoms with E-state index in [9.17, 15) is 13.2 Å². The molecule has 0 spiro atoms. The Morgan fingerprint density at radius 3 is 2.33 bits per heavy atom. The van der Waals surface area contributed by atoms with Gasteiger partial charge in [-0.1, -0.05) is 18.2 Å². The molecule has 1 amide bonds. The van der Waals surface area contributed by atoms with E-state index in [4.69, 9.17) is 4.74 Å². The number of nitrogens with zero attached hydrogens (tertiary/aromatic N) is 1. The monoisotopic (exact) mass is 390 g/mol. The third kappa shape index (κ3) is 5.06. The standard InChI is InChI=1S/C19H23N3O4S/c1-21-11-13-22(14-12-21)27(24,25)18-9-7-16(8-10-18)20-19(23)15-26-17-5-3-2-4-6-17/h2-10H,11-15H2,1H3,(H,20,23)/p+1. The second-order valence-corrected chi connectivity index (χ2v) is 8.47. The second-order valence-electron chi connectivity index (χ2n) is 6.54. The number of benzene rings is 2. The Balaban J connectivity index is 1.57. The van der Waals surface area contributed by atoms with E-state index in [0.717, 1.165) is 13.1 Å². The number of sulfonamides is 1. The van der Waals surface area contributed by atoms with Gasteiger partial charge < -0.3 is 15.0 Å². The first-order valence-corrected chi connectivity index (χ1v) is 10.3. The summed E-state index contributed by atoms with van der Waals surface area (Å²) in [6.45, 7) is 2.52. The molecule has 1 heterocycles. The number of piperazine rings is 1. The van der Waals surface area contributed by atoms with Crippen LogP contribution in [0.3, 0.4) is 0 Å². The van der Waals surface area contributed by atoms with Gasteiger partial charge in [0.1, 0.15) is 5.75 Å². The first-order valence-electron chi connectivity index (χ1n) is 8.84. The molecule has 0 aliphatic carbocycles. The van der Waals surface area contributed by atoms with Crippen molar-refractivity contribution in [1.29, 1.82) is 0 Å². The maximum absolute atomic E-state index is 12.7. The van der Waals surface area contributed by atoms with Crippen LogP contribution in [-0.4, -0.2) is 58.5 Å². The third-order valence-corrected chi connectivity index (χ3v) is 6.38. The Labute approximate surface area is 159 Å². The predicted octanol–water partition coefficient (Wildman–Crippen LogP) is 0.223. The summed E-state index contributed by atoms with van der Waals surface area (Å²) in [5.41, 5.74) is 0.526. The maximum atomic E-state index is 12.7. The minimum atomic E-state index is -3.49. The molecule has 0 atom stereocenters. The summed E-state index contributed by atoms with van der Waals surface area (Å²) >= 11 is 0. The summed E-state index contributed by atoms with van der Waals surface area (Å²) in [5.74, 6) is 0.305. The number of carbonyl (C=O) groups is 1. The zero-order chi connectivity index (χ0) is 19.3. The van der Waals surface area contributed by atoms with Gasteiger partial charge in [-0.3, -0.25) is 4.79 Å². The van der Waals surface area contributed by atoms with Crippen molar-refractivity contribution in [2.75, 3.05) is 45.2 Å². The molecule has 1 aliphatic rings. The first-order chi connectivity index (χ1) is 12.9. The van der Waals surface area contributed by atoms with Gasteiger partial charge in [0.2, 0.25) is 10.0 Å². The van der Waals surface area contributed by atoms with Crippen LogP contribution in [-0.2, 0) is 14.8 Å². The van der Waals surface area contributed by atoms with Gasteiger partial charge >= 0.3 is 0 Å². The molecule has 1 saturated heterocycles. The van der Waals surface area contributed by atoms with Crippen molar-refractivity contribution in [3.05, 3.63) is 54.6 Å². The zero-order valence-electron chi connectivity index (χ0n) is 15.2. The number of ether oxygens (including phenoxy) is 1. The first kappa shape index (κ1) is 19.3. The zero-order valence-corrected chi connectivity index (χ0v) is 16.0. The van der Waals surface area contributed by atoms with Crippen LogP contribution in [0.2, 0.25) is 0 Å². The highest BCUT2D eigenvalue weighted by molar-refractivity contribution is 7.89. The third-order valence-electron chi connectivity index (χ3n) is 4.46. The molecule has 1 aliphatic heterocycles. The number of likely N-dealkylation sites (N-methyl/N-ethyl adjacent to an activating group) is 1. The lowest BCUT2D eigenvalue weighted by atomic mass is 10.3. The van der Waals surface area contributed by atoms with Gasteiger partial charge in [-0.25, -0.2) is 8.42 Å². The van der Waals surface area contributed by atoms with Crippen molar-refractivity contribution in [3.8, 4) is 5.75 Å². The topological polar surface area (TPSA) is 80.2 Å². The Morgan fingerprint density at radius 2 is 1.70 bits per heavy atom. The number of carbonyl (C=O) groups excluding carboxylic acids is 1. The van der Waals surface area contributed by atoms with Crippen molar-refractivity contribution in [3.63, 3.8) is 0 Å². The smallest absolute Gasteiger partial charge is 0.262 e. The van der Waals surface area contributed by atoms with Gasteiger partial charge in [0, 0.05) is 5.69 Å². The number of nitrogens with one attached hydrogen (secondary N) is 2. The van der Waals surface area contributed by atoms with Gasteiger partial charge in [-0.05, 0) is 36.4 Å². The molecule has 8 heteroatoms. The molecule has 3 rings (SSSR count). The van der Waals surface area contributed by atoms with Gasteiger partial charge in [-0.15, -0.1) is 0 Å². The maximum Gasteiger partial charge on any atom is 0.262 e. The highest BCUT2D eigenvalue weighted by Crippen LogP contribution is 2.18. The molecule has 27 heavy (non-hydrogen) atoms. The number of hydrogen-bond acceptors (Lipinski definition) is 4. The van der Waals surface area contributed by atoms with Crippen LogP contribution in [0.5, 0.6) is 5.75 Å². The number of amides is 1. The minimum Gasteiger partial charge on any atom is -0.484 e. The van der Waals surface area contributed by atoms with Crippen molar-refractivity contribution in [2.45, 2.75) is 4.90 Å². The van der Waals surface area contributed by atoms with Crippen LogP contribution in [0, 0.1) is 0 Å². The van der Waals surface area contributed by atoms with Crippen molar-refractivity contribution in [2.24, 2.45) is 0 Å². The summed E-state index contributed by atoms with van der Waals surface area (Å²) in [6, 6.07) is 15.3. The van der Waals surface area contributed by atoms with Gasteiger partial charge in [-0.2, -0.15) is 4.31 Å². The van der Waals surface area contributed by atoms with Crippen LogP contribution in [0.1, 0.15) is 0 Å². The van der Waals surface area contributed by atoms with E-state index in [1.165, 1.54) is 21.3 Å². The van der Waals surface area contributed by atoms with Gasteiger partial charge in [0.15, 0.2) is 6.61 Å². The van der Waals surface area contributed by atoms with Crippen LogP contribution in [0.4, 0.5) is 5.69 Å². The molecule has 0 saturated carbocycles. The Morgan fingerprint density at radius 1 is 1.07 bits per heavy atom. The quantitative estimate of drug-likeness (QED) is 0.740. The molecule has 2 aromatic rings. The fourth-order valence-electron chi connectivity index (χ4n) is 2.83. The Hall–Kier alpha value is -2.42. The van der Waals surface area contributed by atoms with Crippen LogP contribution >= 0.6 is 0 Å². The predicted molar refractivity (Wildman–Crippen MR) is 102 cm³/mol. The molecular weight excluding hydrogens is 366 g/mol. The van der Waals surface area contributed by atoms with E-state index in [1.807, 2.05) is 18.2 Å². The molecule has 144 valence electrons. The molecule has 0 radical (unpaired) electrons. The van der Waals surface area contributed by atoms with Gasteiger partial charge in [0.25, 0.3) is 5.91 Å². The molecule has 7 nitrogen and oxygen atoms in total. The van der Waals surface area contributed by atoms with Crippen molar-refractivity contribution < 1.29 is 22.8 Å². The van der Waals surface area contributed by atoms with Crippen molar-refractivity contribution in [1.82, 2.24) is 4.31 Å². The lowest BCUT2D eigenvalue weighted by Crippen LogP contribution is -3.12. The second kappa shape index (κ2) is 8.51. The highest BCUT2D eigenvalue weighted by Gasteiger charge is 2.28. The summed E-state index contributed by atoms with van der Waals surface area (Å²) in [4.78, 5) is 13.5. The van der Waals surface area contributed by atoms with E-state index < -0.39 is 10.0 Å².